The Morgan fingerprint density at radius 2 is 2.15 bits per heavy atom. The van der Waals surface area contributed by atoms with Crippen molar-refractivity contribution in [3.63, 3.8) is 0 Å². The monoisotopic (exact) mass is 202 g/mol. The normalized spacial score (nSPS) is 19.0. The fourth-order valence-corrected chi connectivity index (χ4v) is 2.79. The molecule has 0 aromatic heterocycles. The van der Waals surface area contributed by atoms with Crippen LogP contribution >= 0.6 is 11.8 Å². The molecule has 76 valence electrons. The molecule has 3 heteroatoms. The lowest BCUT2D eigenvalue weighted by molar-refractivity contribution is -0.136. The first-order valence-electron chi connectivity index (χ1n) is 4.95. The van der Waals surface area contributed by atoms with Gasteiger partial charge in [0.15, 0.2) is 0 Å². The molecule has 1 aliphatic carbocycles. The van der Waals surface area contributed by atoms with E-state index >= 15 is 0 Å². The molecule has 1 N–H and O–H groups in total. The van der Waals surface area contributed by atoms with Crippen molar-refractivity contribution in [3.05, 3.63) is 0 Å². The second-order valence-corrected chi connectivity index (χ2v) is 5.40. The van der Waals surface area contributed by atoms with Gasteiger partial charge >= 0.3 is 5.97 Å². The molecule has 0 heterocycles. The van der Waals surface area contributed by atoms with Gasteiger partial charge in [-0.1, -0.05) is 13.8 Å². The smallest absolute Gasteiger partial charge is 0.316 e. The number of hydrogen-bond acceptors (Lipinski definition) is 2. The van der Waals surface area contributed by atoms with Gasteiger partial charge in [0, 0.05) is 0 Å². The Labute approximate surface area is 84.1 Å². The summed E-state index contributed by atoms with van der Waals surface area (Å²) in [5, 5.41) is 8.80. The maximum atomic E-state index is 10.8. The number of carbonyl (C=O) groups is 1. The SMILES string of the molecule is CC(C)CCSC(C(=O)O)C1CC1. The van der Waals surface area contributed by atoms with E-state index < -0.39 is 5.97 Å². The Balaban J connectivity index is 2.19. The molecular weight excluding hydrogens is 184 g/mol. The Kier molecular flexibility index (Phi) is 4.10. The van der Waals surface area contributed by atoms with Crippen LogP contribution in [-0.4, -0.2) is 22.1 Å². The van der Waals surface area contributed by atoms with Gasteiger partial charge in [0.25, 0.3) is 0 Å². The minimum absolute atomic E-state index is 0.126. The molecular formula is C10H18O2S. The van der Waals surface area contributed by atoms with Crippen LogP contribution in [0.15, 0.2) is 0 Å². The molecule has 13 heavy (non-hydrogen) atoms. The Bertz CT molecular complexity index is 176. The molecule has 0 spiro atoms. The highest BCUT2D eigenvalue weighted by Gasteiger charge is 2.36. The second-order valence-electron chi connectivity index (χ2n) is 4.15. The topological polar surface area (TPSA) is 37.3 Å². The summed E-state index contributed by atoms with van der Waals surface area (Å²) >= 11 is 1.63. The molecule has 1 saturated carbocycles. The third kappa shape index (κ3) is 4.03. The van der Waals surface area contributed by atoms with Crippen LogP contribution in [0, 0.1) is 11.8 Å². The van der Waals surface area contributed by atoms with Crippen LogP contribution in [0.5, 0.6) is 0 Å². The summed E-state index contributed by atoms with van der Waals surface area (Å²) in [5.74, 6) is 1.53. The summed E-state index contributed by atoms with van der Waals surface area (Å²) in [4.78, 5) is 10.8. The summed E-state index contributed by atoms with van der Waals surface area (Å²) in [6, 6.07) is 0. The van der Waals surface area contributed by atoms with Crippen LogP contribution in [0.25, 0.3) is 0 Å². The van der Waals surface area contributed by atoms with E-state index in [0.717, 1.165) is 25.0 Å². The zero-order valence-electron chi connectivity index (χ0n) is 8.32. The van der Waals surface area contributed by atoms with Crippen LogP contribution in [-0.2, 0) is 4.79 Å². The number of rotatable bonds is 6. The molecule has 1 atom stereocenters. The van der Waals surface area contributed by atoms with E-state index in [9.17, 15) is 4.79 Å². The Hall–Kier alpha value is -0.180. The van der Waals surface area contributed by atoms with Crippen LogP contribution in [0.3, 0.4) is 0 Å². The predicted molar refractivity (Wildman–Crippen MR) is 56.1 cm³/mol. The van der Waals surface area contributed by atoms with Crippen molar-refractivity contribution >= 4 is 17.7 Å². The highest BCUT2D eigenvalue weighted by Crippen LogP contribution is 2.39. The molecule has 1 unspecified atom stereocenters. The molecule has 0 bridgehead atoms. The molecule has 2 nitrogen and oxygen atoms in total. The van der Waals surface area contributed by atoms with E-state index in [-0.39, 0.29) is 5.25 Å². The van der Waals surface area contributed by atoms with Crippen LogP contribution in [0.1, 0.15) is 33.1 Å². The fourth-order valence-electron chi connectivity index (χ4n) is 1.24. The first-order chi connectivity index (χ1) is 6.11. The van der Waals surface area contributed by atoms with Crippen LogP contribution in [0.2, 0.25) is 0 Å². The molecule has 1 aliphatic rings. The van der Waals surface area contributed by atoms with Crippen LogP contribution < -0.4 is 0 Å². The summed E-state index contributed by atoms with van der Waals surface area (Å²) in [7, 11) is 0. The van der Waals surface area contributed by atoms with Gasteiger partial charge in [0.05, 0.1) is 0 Å². The van der Waals surface area contributed by atoms with Crippen molar-refractivity contribution in [3.8, 4) is 0 Å². The number of carboxylic acid groups (broad SMARTS) is 1. The average molecular weight is 202 g/mol. The van der Waals surface area contributed by atoms with Gasteiger partial charge in [-0.15, -0.1) is 11.8 Å². The van der Waals surface area contributed by atoms with Gasteiger partial charge in [-0.2, -0.15) is 0 Å². The lowest BCUT2D eigenvalue weighted by atomic mass is 10.2. The van der Waals surface area contributed by atoms with Gasteiger partial charge in [-0.25, -0.2) is 0 Å². The van der Waals surface area contributed by atoms with Crippen molar-refractivity contribution in [1.82, 2.24) is 0 Å². The fraction of sp³-hybridized carbons (Fsp3) is 0.900. The van der Waals surface area contributed by atoms with Crippen molar-refractivity contribution in [2.45, 2.75) is 38.4 Å². The zero-order chi connectivity index (χ0) is 9.84. The van der Waals surface area contributed by atoms with Gasteiger partial charge in [-0.05, 0) is 36.9 Å². The first kappa shape index (κ1) is 10.9. The highest BCUT2D eigenvalue weighted by atomic mass is 32.2. The van der Waals surface area contributed by atoms with E-state index in [1.54, 1.807) is 11.8 Å². The summed E-state index contributed by atoms with van der Waals surface area (Å²) < 4.78 is 0. The molecule has 0 aromatic carbocycles. The van der Waals surface area contributed by atoms with Gasteiger partial charge in [0.2, 0.25) is 0 Å². The standard InChI is InChI=1S/C10H18O2S/c1-7(2)5-6-13-9(10(11)12)8-3-4-8/h7-9H,3-6H2,1-2H3,(H,11,12). The summed E-state index contributed by atoms with van der Waals surface area (Å²) in [6.07, 6.45) is 3.36. The highest BCUT2D eigenvalue weighted by molar-refractivity contribution is 8.00. The van der Waals surface area contributed by atoms with Crippen molar-refractivity contribution in [2.75, 3.05) is 5.75 Å². The number of aliphatic carboxylic acids is 1. The minimum atomic E-state index is -0.615. The van der Waals surface area contributed by atoms with Crippen LogP contribution in [0.4, 0.5) is 0 Å². The Morgan fingerprint density at radius 3 is 2.54 bits per heavy atom. The van der Waals surface area contributed by atoms with E-state index in [1.165, 1.54) is 0 Å². The third-order valence-electron chi connectivity index (χ3n) is 2.29. The number of thioether (sulfide) groups is 1. The molecule has 0 aliphatic heterocycles. The van der Waals surface area contributed by atoms with Gasteiger partial charge in [0.1, 0.15) is 5.25 Å². The minimum Gasteiger partial charge on any atom is -0.480 e. The number of carboxylic acids is 1. The molecule has 0 saturated heterocycles. The Morgan fingerprint density at radius 1 is 1.54 bits per heavy atom. The number of hydrogen-bond donors (Lipinski definition) is 1. The van der Waals surface area contributed by atoms with Crippen molar-refractivity contribution in [2.24, 2.45) is 11.8 Å². The average Bonchev–Trinajstić information content (AvgIpc) is 2.79. The molecule has 1 fully saturated rings. The predicted octanol–water partition coefficient (Wildman–Crippen LogP) is 2.63. The maximum absolute atomic E-state index is 10.8. The lowest BCUT2D eigenvalue weighted by Crippen LogP contribution is -2.19. The van der Waals surface area contributed by atoms with E-state index in [1.807, 2.05) is 0 Å². The molecule has 0 aromatic rings. The molecule has 0 radical (unpaired) electrons. The third-order valence-corrected chi connectivity index (χ3v) is 3.70. The molecule has 1 rings (SSSR count). The quantitative estimate of drug-likeness (QED) is 0.719. The summed E-state index contributed by atoms with van der Waals surface area (Å²) in [5.41, 5.74) is 0. The zero-order valence-corrected chi connectivity index (χ0v) is 9.14. The second kappa shape index (κ2) is 4.89. The van der Waals surface area contributed by atoms with E-state index in [0.29, 0.717) is 11.8 Å². The maximum Gasteiger partial charge on any atom is 0.316 e. The van der Waals surface area contributed by atoms with E-state index in [4.69, 9.17) is 5.11 Å². The van der Waals surface area contributed by atoms with Gasteiger partial charge in [-0.3, -0.25) is 4.79 Å². The summed E-state index contributed by atoms with van der Waals surface area (Å²) in [6.45, 7) is 4.35. The van der Waals surface area contributed by atoms with Crippen molar-refractivity contribution in [1.29, 1.82) is 0 Å². The molecule has 0 amide bonds. The lowest BCUT2D eigenvalue weighted by Gasteiger charge is -2.11. The van der Waals surface area contributed by atoms with Crippen molar-refractivity contribution < 1.29 is 9.90 Å². The van der Waals surface area contributed by atoms with Gasteiger partial charge < -0.3 is 5.11 Å². The first-order valence-corrected chi connectivity index (χ1v) is 6.00. The van der Waals surface area contributed by atoms with E-state index in [2.05, 4.69) is 13.8 Å². The largest absolute Gasteiger partial charge is 0.480 e.